The molecule has 1 aromatic rings. The molecule has 3 N–H and O–H groups in total. The molecule has 0 aliphatic carbocycles. The third kappa shape index (κ3) is 2.88. The fourth-order valence-electron chi connectivity index (χ4n) is 1.65. The molecule has 0 fully saturated rings. The van der Waals surface area contributed by atoms with E-state index in [0.29, 0.717) is 12.8 Å². The topological polar surface area (TPSA) is 90.0 Å². The Balaban J connectivity index is 3.11. The molecule has 0 aliphatic rings. The van der Waals surface area contributed by atoms with Gasteiger partial charge in [-0.3, -0.25) is 4.68 Å². The van der Waals surface area contributed by atoms with E-state index in [1.807, 2.05) is 13.8 Å². The molecule has 0 atom stereocenters. The number of nitrogens with zero attached hydrogens (tertiary/aromatic N) is 2. The minimum absolute atomic E-state index is 0.104. The predicted molar refractivity (Wildman–Crippen MR) is 73.6 cm³/mol. The maximum Gasteiger partial charge on any atom is 0.244 e. The Labute approximate surface area is 113 Å². The van der Waals surface area contributed by atoms with Crippen LogP contribution in [-0.4, -0.2) is 28.7 Å². The second-order valence-electron chi connectivity index (χ2n) is 4.11. The minimum atomic E-state index is -3.67. The van der Waals surface area contributed by atoms with Crippen LogP contribution in [0.5, 0.6) is 0 Å². The summed E-state index contributed by atoms with van der Waals surface area (Å²) in [4.78, 5) is 0.257. The van der Waals surface area contributed by atoms with E-state index in [9.17, 15) is 8.42 Å². The van der Waals surface area contributed by atoms with Gasteiger partial charge in [0.2, 0.25) is 10.0 Å². The molecular formula is C10H18N4O2S2. The molecule has 0 radical (unpaired) electrons. The summed E-state index contributed by atoms with van der Waals surface area (Å²) in [5.41, 5.74) is 4.78. The lowest BCUT2D eigenvalue weighted by atomic mass is 9.94. The standard InChI is InChI=1S/C10H18N4O2S2/c1-4-10(5-2,9(11)17)13-18(15,16)8-6-12-14(3)7-8/h6-7,13H,4-5H2,1-3H3,(H2,11,17). The van der Waals surface area contributed by atoms with Crippen molar-refractivity contribution in [3.05, 3.63) is 12.4 Å². The molecular weight excluding hydrogens is 272 g/mol. The van der Waals surface area contributed by atoms with Crippen LogP contribution in [0.2, 0.25) is 0 Å². The van der Waals surface area contributed by atoms with Crippen molar-refractivity contribution < 1.29 is 8.42 Å². The average Bonchev–Trinajstić information content (AvgIpc) is 2.73. The van der Waals surface area contributed by atoms with Gasteiger partial charge in [-0.15, -0.1) is 0 Å². The number of hydrogen-bond donors (Lipinski definition) is 2. The molecule has 0 spiro atoms. The summed E-state index contributed by atoms with van der Waals surface area (Å²) in [6.07, 6.45) is 3.71. The molecule has 8 heteroatoms. The zero-order chi connectivity index (χ0) is 14.0. The Morgan fingerprint density at radius 1 is 1.56 bits per heavy atom. The monoisotopic (exact) mass is 290 g/mol. The fraction of sp³-hybridized carbons (Fsp3) is 0.600. The molecule has 0 aliphatic heterocycles. The van der Waals surface area contributed by atoms with E-state index in [4.69, 9.17) is 18.0 Å². The molecule has 0 bridgehead atoms. The Hall–Kier alpha value is -0.990. The Kier molecular flexibility index (Phi) is 4.46. The predicted octanol–water partition coefficient (Wildman–Crippen LogP) is 0.543. The van der Waals surface area contributed by atoms with Crippen molar-refractivity contribution in [3.63, 3.8) is 0 Å². The van der Waals surface area contributed by atoms with E-state index in [2.05, 4.69) is 9.82 Å². The largest absolute Gasteiger partial charge is 0.392 e. The van der Waals surface area contributed by atoms with Crippen molar-refractivity contribution in [3.8, 4) is 0 Å². The van der Waals surface area contributed by atoms with Gasteiger partial charge in [-0.05, 0) is 12.8 Å². The van der Waals surface area contributed by atoms with Crippen molar-refractivity contribution >= 4 is 27.2 Å². The lowest BCUT2D eigenvalue weighted by Gasteiger charge is -2.30. The highest BCUT2D eigenvalue weighted by atomic mass is 32.2. The van der Waals surface area contributed by atoms with E-state index >= 15 is 0 Å². The van der Waals surface area contributed by atoms with Crippen LogP contribution in [0, 0.1) is 0 Å². The van der Waals surface area contributed by atoms with Crippen LogP contribution in [0.4, 0.5) is 0 Å². The van der Waals surface area contributed by atoms with Crippen molar-refractivity contribution in [1.29, 1.82) is 0 Å². The highest BCUT2D eigenvalue weighted by Crippen LogP contribution is 2.19. The SMILES string of the molecule is CCC(CC)(NS(=O)(=O)c1cnn(C)c1)C(N)=S. The van der Waals surface area contributed by atoms with E-state index in [1.54, 1.807) is 7.05 Å². The molecule has 0 saturated heterocycles. The van der Waals surface area contributed by atoms with E-state index in [0.717, 1.165) is 0 Å². The first kappa shape index (κ1) is 15.1. The molecule has 102 valence electrons. The van der Waals surface area contributed by atoms with Crippen LogP contribution in [-0.2, 0) is 17.1 Å². The van der Waals surface area contributed by atoms with Crippen LogP contribution in [0.3, 0.4) is 0 Å². The molecule has 18 heavy (non-hydrogen) atoms. The number of thiocarbonyl (C=S) groups is 1. The van der Waals surface area contributed by atoms with Gasteiger partial charge in [0.05, 0.1) is 16.7 Å². The molecule has 6 nitrogen and oxygen atoms in total. The van der Waals surface area contributed by atoms with Crippen LogP contribution >= 0.6 is 12.2 Å². The molecule has 0 aromatic carbocycles. The summed E-state index contributed by atoms with van der Waals surface area (Å²) in [5.74, 6) is 0. The number of aromatic nitrogens is 2. The number of nitrogens with one attached hydrogen (secondary N) is 1. The number of rotatable bonds is 6. The molecule has 0 amide bonds. The van der Waals surface area contributed by atoms with Gasteiger partial charge in [-0.1, -0.05) is 26.1 Å². The lowest BCUT2D eigenvalue weighted by molar-refractivity contribution is 0.465. The summed E-state index contributed by atoms with van der Waals surface area (Å²) in [6, 6.07) is 0. The number of sulfonamides is 1. The highest BCUT2D eigenvalue weighted by Gasteiger charge is 2.35. The quantitative estimate of drug-likeness (QED) is 0.746. The van der Waals surface area contributed by atoms with Crippen molar-refractivity contribution in [1.82, 2.24) is 14.5 Å². The zero-order valence-corrected chi connectivity index (χ0v) is 12.3. The average molecular weight is 290 g/mol. The summed E-state index contributed by atoms with van der Waals surface area (Å²) in [7, 11) is -2.01. The van der Waals surface area contributed by atoms with E-state index < -0.39 is 15.6 Å². The Morgan fingerprint density at radius 2 is 2.11 bits per heavy atom. The molecule has 1 rings (SSSR count). The van der Waals surface area contributed by atoms with Gasteiger partial charge < -0.3 is 5.73 Å². The number of nitrogens with two attached hydrogens (primary N) is 1. The van der Waals surface area contributed by atoms with Gasteiger partial charge in [-0.25, -0.2) is 8.42 Å². The maximum absolute atomic E-state index is 12.2. The third-order valence-corrected chi connectivity index (χ3v) is 4.88. The van der Waals surface area contributed by atoms with Gasteiger partial charge in [-0.2, -0.15) is 9.82 Å². The van der Waals surface area contributed by atoms with Crippen molar-refractivity contribution in [2.24, 2.45) is 12.8 Å². The van der Waals surface area contributed by atoms with Crippen LogP contribution in [0.25, 0.3) is 0 Å². The Morgan fingerprint density at radius 3 is 2.44 bits per heavy atom. The van der Waals surface area contributed by atoms with E-state index in [1.165, 1.54) is 17.1 Å². The zero-order valence-electron chi connectivity index (χ0n) is 10.7. The van der Waals surface area contributed by atoms with Crippen molar-refractivity contribution in [2.75, 3.05) is 0 Å². The van der Waals surface area contributed by atoms with Gasteiger partial charge in [0.1, 0.15) is 4.90 Å². The van der Waals surface area contributed by atoms with Crippen LogP contribution in [0.1, 0.15) is 26.7 Å². The fourth-order valence-corrected chi connectivity index (χ4v) is 3.56. The second kappa shape index (κ2) is 5.33. The lowest BCUT2D eigenvalue weighted by Crippen LogP contribution is -2.55. The molecule has 1 aromatic heterocycles. The van der Waals surface area contributed by atoms with Crippen molar-refractivity contribution in [2.45, 2.75) is 37.1 Å². The highest BCUT2D eigenvalue weighted by molar-refractivity contribution is 7.89. The molecule has 0 unspecified atom stereocenters. The first-order valence-electron chi connectivity index (χ1n) is 5.60. The normalized spacial score (nSPS) is 12.6. The second-order valence-corrected chi connectivity index (χ2v) is 6.23. The molecule has 0 saturated carbocycles. The number of aryl methyl sites for hydroxylation is 1. The number of hydrogen-bond acceptors (Lipinski definition) is 4. The summed E-state index contributed by atoms with van der Waals surface area (Å²) >= 11 is 4.98. The smallest absolute Gasteiger partial charge is 0.244 e. The Bertz CT molecular complexity index is 532. The van der Waals surface area contributed by atoms with Gasteiger partial charge in [0, 0.05) is 13.2 Å². The first-order valence-corrected chi connectivity index (χ1v) is 7.49. The maximum atomic E-state index is 12.2. The van der Waals surface area contributed by atoms with Gasteiger partial charge in [0.15, 0.2) is 0 Å². The minimum Gasteiger partial charge on any atom is -0.392 e. The van der Waals surface area contributed by atoms with Crippen LogP contribution in [0.15, 0.2) is 17.3 Å². The van der Waals surface area contributed by atoms with Crippen LogP contribution < -0.4 is 10.5 Å². The van der Waals surface area contributed by atoms with Gasteiger partial charge in [0.25, 0.3) is 0 Å². The third-order valence-electron chi connectivity index (χ3n) is 3.00. The summed E-state index contributed by atoms with van der Waals surface area (Å²) < 4.78 is 28.4. The molecule has 1 heterocycles. The first-order chi connectivity index (χ1) is 8.27. The van der Waals surface area contributed by atoms with E-state index in [-0.39, 0.29) is 9.88 Å². The summed E-state index contributed by atoms with van der Waals surface area (Å²) in [5, 5.41) is 3.84. The van der Waals surface area contributed by atoms with Gasteiger partial charge >= 0.3 is 0 Å². The summed E-state index contributed by atoms with van der Waals surface area (Å²) in [6.45, 7) is 3.68.